The molecule has 0 aliphatic carbocycles. The molecule has 0 saturated carbocycles. The van der Waals surface area contributed by atoms with E-state index in [0.29, 0.717) is 12.8 Å². The summed E-state index contributed by atoms with van der Waals surface area (Å²) in [6, 6.07) is 0. The van der Waals surface area contributed by atoms with Crippen molar-refractivity contribution in [1.82, 2.24) is 0 Å². The van der Waals surface area contributed by atoms with Crippen LogP contribution in [-0.4, -0.2) is 48.4 Å². The van der Waals surface area contributed by atoms with Gasteiger partial charge >= 0.3 is 59.1 Å². The smallest absolute Gasteiger partial charge is 0.549 e. The van der Waals surface area contributed by atoms with Gasteiger partial charge in [-0.1, -0.05) is 168 Å². The predicted molar refractivity (Wildman–Crippen MR) is 172 cm³/mol. The minimum absolute atomic E-state index is 0. The summed E-state index contributed by atoms with van der Waals surface area (Å²) in [6.07, 6.45) is 27.1. The first-order valence-corrected chi connectivity index (χ1v) is 20.1. The van der Waals surface area contributed by atoms with E-state index in [4.69, 9.17) is 9.11 Å². The molecule has 10 nitrogen and oxygen atoms in total. The van der Waals surface area contributed by atoms with E-state index >= 15 is 0 Å². The van der Waals surface area contributed by atoms with Gasteiger partial charge in [0.05, 0.1) is 11.9 Å². The van der Waals surface area contributed by atoms with Crippen LogP contribution in [0, 0.1) is 0 Å². The van der Waals surface area contributed by atoms with Crippen molar-refractivity contribution >= 4 is 32.2 Å². The van der Waals surface area contributed by atoms with Crippen LogP contribution in [0.3, 0.4) is 0 Å². The Morgan fingerprint density at radius 1 is 0.435 bits per heavy atom. The molecule has 14 heteroatoms. The van der Waals surface area contributed by atoms with Crippen molar-refractivity contribution in [3.8, 4) is 0 Å². The third-order valence-corrected chi connectivity index (χ3v) is 10.2. The summed E-state index contributed by atoms with van der Waals surface area (Å²) < 4.78 is 60.9. The summed E-state index contributed by atoms with van der Waals surface area (Å²) in [5.74, 6) is -3.43. The van der Waals surface area contributed by atoms with Gasteiger partial charge in [-0.3, -0.25) is 9.11 Å². The van der Waals surface area contributed by atoms with Crippen molar-refractivity contribution < 1.29 is 105 Å². The minimum atomic E-state index is -4.54. The van der Waals surface area contributed by atoms with E-state index in [2.05, 4.69) is 13.8 Å². The Morgan fingerprint density at radius 2 is 0.609 bits per heavy atom. The van der Waals surface area contributed by atoms with Gasteiger partial charge in [-0.05, 0) is 12.8 Å². The quantitative estimate of drug-likeness (QED) is 0.0590. The number of carbonyl (C=O) groups is 2. The Bertz CT molecular complexity index is 842. The number of unbranched alkanes of at least 4 members (excludes halogenated alkanes) is 22. The molecular weight excluding hydrogens is 654 g/mol. The molecule has 0 aromatic rings. The van der Waals surface area contributed by atoms with Gasteiger partial charge in [-0.2, -0.15) is 16.8 Å². The van der Waals surface area contributed by atoms with Gasteiger partial charge in [-0.25, -0.2) is 0 Å². The molecule has 0 rings (SSSR count). The van der Waals surface area contributed by atoms with Gasteiger partial charge < -0.3 is 19.8 Å². The number of carbonyl (C=O) groups excluding carboxylic acids is 2. The Labute approximate surface area is 325 Å². The van der Waals surface area contributed by atoms with E-state index < -0.39 is 42.7 Å². The zero-order valence-electron chi connectivity index (χ0n) is 29.5. The van der Waals surface area contributed by atoms with E-state index in [9.17, 15) is 36.6 Å². The zero-order valence-corrected chi connectivity index (χ0v) is 35.1. The fourth-order valence-corrected chi connectivity index (χ4v) is 6.53. The summed E-state index contributed by atoms with van der Waals surface area (Å²) in [6.45, 7) is 4.43. The molecule has 0 radical (unpaired) electrons. The molecule has 2 unspecified atom stereocenters. The van der Waals surface area contributed by atoms with E-state index in [1.165, 1.54) is 103 Å². The van der Waals surface area contributed by atoms with Crippen molar-refractivity contribution in [2.75, 3.05) is 0 Å². The van der Waals surface area contributed by atoms with Crippen LogP contribution in [0.1, 0.15) is 181 Å². The van der Waals surface area contributed by atoms with Gasteiger partial charge in [0.25, 0.3) is 20.2 Å². The third-order valence-electron chi connectivity index (χ3n) is 7.88. The summed E-state index contributed by atoms with van der Waals surface area (Å²) >= 11 is 0. The Morgan fingerprint density at radius 3 is 0.761 bits per heavy atom. The van der Waals surface area contributed by atoms with Crippen LogP contribution in [0.4, 0.5) is 0 Å². The molecule has 0 bridgehead atoms. The second-order valence-electron chi connectivity index (χ2n) is 12.0. The second-order valence-corrected chi connectivity index (χ2v) is 15.2. The van der Waals surface area contributed by atoms with Gasteiger partial charge in [0.15, 0.2) is 0 Å². The molecule has 0 saturated heterocycles. The number of rotatable bonds is 30. The fraction of sp³-hybridized carbons (Fsp3) is 0.938. The molecule has 46 heavy (non-hydrogen) atoms. The van der Waals surface area contributed by atoms with Gasteiger partial charge in [0.2, 0.25) is 0 Å². The number of carboxylic acid groups (broad SMARTS) is 2. The normalized spacial score (nSPS) is 12.6. The first-order chi connectivity index (χ1) is 20.8. The largest absolute Gasteiger partial charge is 1.00 e. The number of hydrogen-bond donors (Lipinski definition) is 2. The Hall–Kier alpha value is 0.760. The molecule has 0 spiro atoms. The SMILES string of the molecule is CCCCCCCCCCCCCCC(C(=O)[O-])S(=O)(=O)O.CCCCCCCCCCCCCCC(C(=O)[O-])S(=O)(=O)O.[Na+].[Na+]. The van der Waals surface area contributed by atoms with Crippen LogP contribution < -0.4 is 69.3 Å². The maximum atomic E-state index is 10.8. The molecule has 0 heterocycles. The summed E-state index contributed by atoms with van der Waals surface area (Å²) in [7, 11) is -9.08. The second kappa shape index (κ2) is 35.6. The first kappa shape index (κ1) is 53.6. The maximum Gasteiger partial charge on any atom is 1.00 e. The standard InChI is InChI=1S/2C16H32O5S.2Na/c2*1-2-3-4-5-6-7-8-9-10-11-12-13-14-15(16(17)18)22(19,20)21;;/h2*15H,2-14H2,1H3,(H,17,18)(H,19,20,21);;/q;;2*+1/p-2. The van der Waals surface area contributed by atoms with E-state index in [1.807, 2.05) is 0 Å². The topological polar surface area (TPSA) is 189 Å². The van der Waals surface area contributed by atoms with E-state index in [1.54, 1.807) is 0 Å². The molecule has 264 valence electrons. The zero-order chi connectivity index (χ0) is 33.7. The van der Waals surface area contributed by atoms with Crippen LogP contribution in [0.2, 0.25) is 0 Å². The van der Waals surface area contributed by atoms with Crippen LogP contribution in [0.25, 0.3) is 0 Å². The summed E-state index contributed by atoms with van der Waals surface area (Å²) in [4.78, 5) is 21.3. The third kappa shape index (κ3) is 36.1. The van der Waals surface area contributed by atoms with E-state index in [-0.39, 0.29) is 72.0 Å². The molecule has 0 aromatic heterocycles. The van der Waals surface area contributed by atoms with Crippen LogP contribution in [-0.2, 0) is 29.8 Å². The molecule has 0 amide bonds. The van der Waals surface area contributed by atoms with Gasteiger partial charge in [0, 0.05) is 0 Å². The van der Waals surface area contributed by atoms with Crippen molar-refractivity contribution in [3.05, 3.63) is 0 Å². The maximum absolute atomic E-state index is 10.8. The molecule has 0 fully saturated rings. The number of carboxylic acids is 2. The van der Waals surface area contributed by atoms with Crippen LogP contribution in [0.15, 0.2) is 0 Å². The number of aliphatic carboxylic acids is 2. The van der Waals surface area contributed by atoms with Crippen molar-refractivity contribution in [3.63, 3.8) is 0 Å². The number of hydrogen-bond acceptors (Lipinski definition) is 8. The van der Waals surface area contributed by atoms with Gasteiger partial charge in [-0.15, -0.1) is 0 Å². The monoisotopic (exact) mass is 716 g/mol. The van der Waals surface area contributed by atoms with Crippen molar-refractivity contribution in [2.24, 2.45) is 0 Å². The molecule has 0 aliphatic heterocycles. The fourth-order valence-electron chi connectivity index (χ4n) is 5.12. The molecule has 0 aromatic carbocycles. The van der Waals surface area contributed by atoms with Crippen molar-refractivity contribution in [1.29, 1.82) is 0 Å². The van der Waals surface area contributed by atoms with Crippen LogP contribution in [0.5, 0.6) is 0 Å². The average Bonchev–Trinajstić information content (AvgIpc) is 2.92. The average molecular weight is 717 g/mol. The molecule has 2 atom stereocenters. The summed E-state index contributed by atoms with van der Waals surface area (Å²) in [5, 5.41) is 17.7. The molecule has 0 aliphatic rings. The predicted octanol–water partition coefficient (Wildman–Crippen LogP) is 0.176. The molecular formula is C32H62Na2O10S2. The summed E-state index contributed by atoms with van der Waals surface area (Å²) in [5.41, 5.74) is 0. The van der Waals surface area contributed by atoms with Crippen molar-refractivity contribution in [2.45, 2.75) is 191 Å². The molecule has 2 N–H and O–H groups in total. The minimum Gasteiger partial charge on any atom is -0.549 e. The Balaban J connectivity index is -0.000000367. The van der Waals surface area contributed by atoms with Gasteiger partial charge in [0.1, 0.15) is 10.5 Å². The van der Waals surface area contributed by atoms with E-state index in [0.717, 1.165) is 38.5 Å². The Kier molecular flexibility index (Phi) is 41.4. The van der Waals surface area contributed by atoms with Crippen LogP contribution >= 0.6 is 0 Å². The first-order valence-electron chi connectivity index (χ1n) is 17.1.